The Hall–Kier alpha value is -1.56. The van der Waals surface area contributed by atoms with Crippen LogP contribution in [0.5, 0.6) is 0 Å². The summed E-state index contributed by atoms with van der Waals surface area (Å²) in [7, 11) is 0. The minimum atomic E-state index is -0.295. The van der Waals surface area contributed by atoms with Crippen LogP contribution < -0.4 is 5.32 Å². The predicted octanol–water partition coefficient (Wildman–Crippen LogP) is 2.68. The highest BCUT2D eigenvalue weighted by Gasteiger charge is 2.27. The normalized spacial score (nSPS) is 15.5. The molecule has 1 aromatic carbocycles. The van der Waals surface area contributed by atoms with Crippen molar-refractivity contribution in [2.45, 2.75) is 31.1 Å². The zero-order valence-electron chi connectivity index (χ0n) is 13.4. The first kappa shape index (κ1) is 17.8. The van der Waals surface area contributed by atoms with Crippen LogP contribution in [-0.4, -0.2) is 42.1 Å². The lowest BCUT2D eigenvalue weighted by molar-refractivity contribution is -0.133. The molecule has 1 aliphatic heterocycles. The zero-order valence-corrected chi connectivity index (χ0v) is 14.2. The number of nitrogens with zero attached hydrogens (tertiary/aromatic N) is 1. The van der Waals surface area contributed by atoms with E-state index in [1.165, 1.54) is 17.8 Å². The average molecular weight is 338 g/mol. The second kappa shape index (κ2) is 8.91. The van der Waals surface area contributed by atoms with Gasteiger partial charge in [0.15, 0.2) is 0 Å². The van der Waals surface area contributed by atoms with Crippen molar-refractivity contribution in [3.05, 3.63) is 30.1 Å². The first-order valence-electron chi connectivity index (χ1n) is 8.04. The van der Waals surface area contributed by atoms with E-state index in [0.29, 0.717) is 37.4 Å². The Bertz CT molecular complexity index is 545. The monoisotopic (exact) mass is 338 g/mol. The van der Waals surface area contributed by atoms with E-state index < -0.39 is 0 Å². The van der Waals surface area contributed by atoms with E-state index in [1.54, 1.807) is 23.1 Å². The predicted molar refractivity (Wildman–Crippen MR) is 89.7 cm³/mol. The van der Waals surface area contributed by atoms with Gasteiger partial charge in [0.1, 0.15) is 5.82 Å². The van der Waals surface area contributed by atoms with Gasteiger partial charge < -0.3 is 10.2 Å². The number of nitrogens with one attached hydrogen (secondary N) is 1. The fourth-order valence-corrected chi connectivity index (χ4v) is 3.42. The molecule has 6 heteroatoms. The second-order valence-corrected chi connectivity index (χ2v) is 6.68. The van der Waals surface area contributed by atoms with Gasteiger partial charge in [-0.05, 0) is 31.4 Å². The van der Waals surface area contributed by atoms with E-state index >= 15 is 0 Å². The maximum absolute atomic E-state index is 13.5. The van der Waals surface area contributed by atoms with Crippen LogP contribution >= 0.6 is 11.8 Å². The number of carbonyl (C=O) groups excluding carboxylic acids is 2. The third-order valence-electron chi connectivity index (χ3n) is 3.96. The van der Waals surface area contributed by atoms with E-state index in [2.05, 4.69) is 5.32 Å². The number of piperidine rings is 1. The van der Waals surface area contributed by atoms with Gasteiger partial charge in [-0.1, -0.05) is 19.1 Å². The quantitative estimate of drug-likeness (QED) is 0.812. The van der Waals surface area contributed by atoms with Crippen molar-refractivity contribution >= 4 is 23.6 Å². The molecule has 4 nitrogen and oxygen atoms in total. The molecule has 1 N–H and O–H groups in total. The summed E-state index contributed by atoms with van der Waals surface area (Å²) in [4.78, 5) is 26.4. The van der Waals surface area contributed by atoms with Gasteiger partial charge >= 0.3 is 0 Å². The molecule has 1 aliphatic rings. The number of likely N-dealkylation sites (tertiary alicyclic amines) is 1. The zero-order chi connectivity index (χ0) is 16.7. The molecular weight excluding hydrogens is 315 g/mol. The highest BCUT2D eigenvalue weighted by atomic mass is 32.2. The minimum absolute atomic E-state index is 0.00446. The van der Waals surface area contributed by atoms with Crippen LogP contribution in [0, 0.1) is 11.7 Å². The van der Waals surface area contributed by atoms with E-state index in [9.17, 15) is 14.0 Å². The second-order valence-electron chi connectivity index (χ2n) is 5.67. The molecule has 2 rings (SSSR count). The summed E-state index contributed by atoms with van der Waals surface area (Å²) in [6.45, 7) is 3.92. The lowest BCUT2D eigenvalue weighted by Crippen LogP contribution is -2.43. The lowest BCUT2D eigenvalue weighted by atomic mass is 9.96. The lowest BCUT2D eigenvalue weighted by Gasteiger charge is -2.31. The number of carbonyl (C=O) groups is 2. The van der Waals surface area contributed by atoms with Gasteiger partial charge in [-0.2, -0.15) is 0 Å². The maximum atomic E-state index is 13.5. The first-order valence-corrected chi connectivity index (χ1v) is 9.03. The standard InChI is InChI=1S/C17H23FN2O2S/c1-2-9-19-17(22)13-7-10-20(11-8-13)16(21)12-23-15-6-4-3-5-14(15)18/h3-6,13H,2,7-12H2,1H3,(H,19,22). The van der Waals surface area contributed by atoms with Crippen molar-refractivity contribution in [3.63, 3.8) is 0 Å². The molecule has 1 fully saturated rings. The molecule has 0 aliphatic carbocycles. The molecule has 0 aromatic heterocycles. The third-order valence-corrected chi connectivity index (χ3v) is 4.99. The number of thioether (sulfide) groups is 1. The molecule has 0 atom stereocenters. The number of hydrogen-bond donors (Lipinski definition) is 1. The average Bonchev–Trinajstić information content (AvgIpc) is 2.59. The number of rotatable bonds is 6. The summed E-state index contributed by atoms with van der Waals surface area (Å²) in [5, 5.41) is 2.91. The molecule has 0 saturated carbocycles. The van der Waals surface area contributed by atoms with Gasteiger partial charge in [0.25, 0.3) is 0 Å². The van der Waals surface area contributed by atoms with E-state index in [1.807, 2.05) is 6.92 Å². The Morgan fingerprint density at radius 1 is 1.30 bits per heavy atom. The summed E-state index contributed by atoms with van der Waals surface area (Å²) in [5.74, 6) is 0.0416. The minimum Gasteiger partial charge on any atom is -0.356 e. The highest BCUT2D eigenvalue weighted by Crippen LogP contribution is 2.23. The van der Waals surface area contributed by atoms with Crippen molar-refractivity contribution in [1.82, 2.24) is 10.2 Å². The molecular formula is C17H23FN2O2S. The third kappa shape index (κ3) is 5.23. The van der Waals surface area contributed by atoms with Crippen LogP contribution in [0.2, 0.25) is 0 Å². The highest BCUT2D eigenvalue weighted by molar-refractivity contribution is 8.00. The Morgan fingerprint density at radius 2 is 2.00 bits per heavy atom. The van der Waals surface area contributed by atoms with Crippen LogP contribution in [0.25, 0.3) is 0 Å². The van der Waals surface area contributed by atoms with Crippen molar-refractivity contribution < 1.29 is 14.0 Å². The number of hydrogen-bond acceptors (Lipinski definition) is 3. The number of benzene rings is 1. The van der Waals surface area contributed by atoms with Gasteiger partial charge in [0.05, 0.1) is 5.75 Å². The summed E-state index contributed by atoms with van der Waals surface area (Å²) in [6.07, 6.45) is 2.33. The van der Waals surface area contributed by atoms with E-state index in [0.717, 1.165) is 6.42 Å². The van der Waals surface area contributed by atoms with Crippen LogP contribution in [0.4, 0.5) is 4.39 Å². The molecule has 126 valence electrons. The maximum Gasteiger partial charge on any atom is 0.232 e. The Kier molecular flexibility index (Phi) is 6.89. The number of halogens is 1. The summed E-state index contributed by atoms with van der Waals surface area (Å²) >= 11 is 1.22. The van der Waals surface area contributed by atoms with Crippen molar-refractivity contribution in [2.75, 3.05) is 25.4 Å². The van der Waals surface area contributed by atoms with Crippen molar-refractivity contribution in [2.24, 2.45) is 5.92 Å². The van der Waals surface area contributed by atoms with Crippen molar-refractivity contribution in [3.8, 4) is 0 Å². The molecule has 2 amide bonds. The van der Waals surface area contributed by atoms with E-state index in [-0.39, 0.29) is 29.3 Å². The van der Waals surface area contributed by atoms with Crippen LogP contribution in [0.3, 0.4) is 0 Å². The summed E-state index contributed by atoms with van der Waals surface area (Å²) in [5.41, 5.74) is 0. The molecule has 1 aromatic rings. The summed E-state index contributed by atoms with van der Waals surface area (Å²) in [6, 6.07) is 6.47. The van der Waals surface area contributed by atoms with Crippen LogP contribution in [0.15, 0.2) is 29.2 Å². The fraction of sp³-hybridized carbons (Fsp3) is 0.529. The molecule has 23 heavy (non-hydrogen) atoms. The molecule has 0 spiro atoms. The molecule has 0 bridgehead atoms. The topological polar surface area (TPSA) is 49.4 Å². The Labute approximate surface area is 140 Å². The van der Waals surface area contributed by atoms with E-state index in [4.69, 9.17) is 0 Å². The Morgan fingerprint density at radius 3 is 2.65 bits per heavy atom. The van der Waals surface area contributed by atoms with Gasteiger partial charge in [0, 0.05) is 30.4 Å². The Balaban J connectivity index is 1.75. The van der Waals surface area contributed by atoms with Crippen LogP contribution in [0.1, 0.15) is 26.2 Å². The SMILES string of the molecule is CCCNC(=O)C1CCN(C(=O)CSc2ccccc2F)CC1. The summed E-state index contributed by atoms with van der Waals surface area (Å²) < 4.78 is 13.5. The first-order chi connectivity index (χ1) is 11.1. The molecule has 1 saturated heterocycles. The van der Waals surface area contributed by atoms with Crippen LogP contribution in [-0.2, 0) is 9.59 Å². The van der Waals surface area contributed by atoms with Gasteiger partial charge in [-0.25, -0.2) is 4.39 Å². The van der Waals surface area contributed by atoms with Gasteiger partial charge in [-0.15, -0.1) is 11.8 Å². The van der Waals surface area contributed by atoms with Gasteiger partial charge in [0.2, 0.25) is 11.8 Å². The molecule has 1 heterocycles. The van der Waals surface area contributed by atoms with Crippen molar-refractivity contribution in [1.29, 1.82) is 0 Å². The largest absolute Gasteiger partial charge is 0.356 e. The smallest absolute Gasteiger partial charge is 0.232 e. The van der Waals surface area contributed by atoms with Gasteiger partial charge in [-0.3, -0.25) is 9.59 Å². The number of amides is 2. The molecule has 0 radical (unpaired) electrons. The fourth-order valence-electron chi connectivity index (χ4n) is 2.58. The molecule has 0 unspecified atom stereocenters.